The summed E-state index contributed by atoms with van der Waals surface area (Å²) in [4.78, 5) is 32.6. The minimum Gasteiger partial charge on any atom is -0.507 e. The van der Waals surface area contributed by atoms with Crippen LogP contribution in [0.25, 0.3) is 16.0 Å². The lowest BCUT2D eigenvalue weighted by atomic mass is 9.95. The van der Waals surface area contributed by atoms with Crippen molar-refractivity contribution in [1.82, 2.24) is 4.98 Å². The Morgan fingerprint density at radius 1 is 0.971 bits per heavy atom. The van der Waals surface area contributed by atoms with Crippen LogP contribution in [-0.2, 0) is 9.59 Å². The molecule has 0 bridgehead atoms. The number of carbonyl (C=O) groups excluding carboxylic acids is 2. The maximum absolute atomic E-state index is 13.3. The first kappa shape index (κ1) is 22.9. The summed E-state index contributed by atoms with van der Waals surface area (Å²) in [7, 11) is 3.11. The molecule has 0 saturated carbocycles. The zero-order valence-electron chi connectivity index (χ0n) is 18.7. The third-order valence-corrected chi connectivity index (χ3v) is 7.05. The van der Waals surface area contributed by atoms with Gasteiger partial charge in [-0.25, -0.2) is 4.98 Å². The summed E-state index contributed by atoms with van der Waals surface area (Å²) in [6.07, 6.45) is 0. The number of methoxy groups -OCH3 is 2. The number of Topliss-reactive ketones (excluding diaryl/α,β-unsaturated/α-hetero) is 1. The predicted octanol–water partition coefficient (Wildman–Crippen LogP) is 5.59. The zero-order valence-corrected chi connectivity index (χ0v) is 20.3. The molecule has 3 aromatic carbocycles. The van der Waals surface area contributed by atoms with Crippen LogP contribution >= 0.6 is 22.9 Å². The number of nitrogens with zero attached hydrogens (tertiary/aromatic N) is 2. The zero-order chi connectivity index (χ0) is 24.7. The van der Waals surface area contributed by atoms with Crippen molar-refractivity contribution in [2.45, 2.75) is 6.04 Å². The van der Waals surface area contributed by atoms with E-state index >= 15 is 0 Å². The third-order valence-electron chi connectivity index (χ3n) is 5.78. The number of ketones is 1. The lowest BCUT2D eigenvalue weighted by Crippen LogP contribution is -2.29. The van der Waals surface area contributed by atoms with Gasteiger partial charge in [0.25, 0.3) is 5.78 Å². The van der Waals surface area contributed by atoms with Gasteiger partial charge in [0.15, 0.2) is 5.13 Å². The van der Waals surface area contributed by atoms with Gasteiger partial charge in [0.05, 0.1) is 36.1 Å². The SMILES string of the molecule is COc1ccc(/C(O)=C2\C(=O)C(=O)N(c3nc4ccc(OC)cc4s3)C2c2ccc(Cl)cc2)cc1. The number of amides is 1. The minimum absolute atomic E-state index is 0.0284. The van der Waals surface area contributed by atoms with Gasteiger partial charge in [0.1, 0.15) is 17.3 Å². The van der Waals surface area contributed by atoms with Gasteiger partial charge < -0.3 is 14.6 Å². The molecule has 1 unspecified atom stereocenters. The summed E-state index contributed by atoms with van der Waals surface area (Å²) in [5.41, 5.74) is 1.63. The molecular weight excluding hydrogens is 488 g/mol. The lowest BCUT2D eigenvalue weighted by Gasteiger charge is -2.23. The molecule has 1 aliphatic rings. The van der Waals surface area contributed by atoms with Crippen molar-refractivity contribution >= 4 is 55.7 Å². The van der Waals surface area contributed by atoms with Crippen LogP contribution in [0.3, 0.4) is 0 Å². The van der Waals surface area contributed by atoms with Gasteiger partial charge >= 0.3 is 5.91 Å². The number of aromatic nitrogens is 1. The molecule has 1 atom stereocenters. The van der Waals surface area contributed by atoms with E-state index in [1.54, 1.807) is 67.8 Å². The second kappa shape index (κ2) is 9.05. The summed E-state index contributed by atoms with van der Waals surface area (Å²) < 4.78 is 11.3. The van der Waals surface area contributed by atoms with E-state index < -0.39 is 17.7 Å². The van der Waals surface area contributed by atoms with Crippen molar-refractivity contribution in [3.8, 4) is 11.5 Å². The molecule has 1 aromatic heterocycles. The molecule has 7 nitrogen and oxygen atoms in total. The quantitative estimate of drug-likeness (QED) is 0.215. The van der Waals surface area contributed by atoms with E-state index in [1.807, 2.05) is 6.07 Å². The summed E-state index contributed by atoms with van der Waals surface area (Å²) in [6.45, 7) is 0. The molecule has 1 N–H and O–H groups in total. The molecule has 5 rings (SSSR count). The molecule has 0 radical (unpaired) electrons. The summed E-state index contributed by atoms with van der Waals surface area (Å²) in [5, 5.41) is 12.1. The van der Waals surface area contributed by atoms with Gasteiger partial charge in [-0.15, -0.1) is 0 Å². The monoisotopic (exact) mass is 506 g/mol. The number of benzene rings is 3. The minimum atomic E-state index is -0.892. The largest absolute Gasteiger partial charge is 0.507 e. The average Bonchev–Trinajstić information content (AvgIpc) is 3.41. The van der Waals surface area contributed by atoms with Gasteiger partial charge in [0, 0.05) is 10.6 Å². The third kappa shape index (κ3) is 4.00. The van der Waals surface area contributed by atoms with Gasteiger partial charge in [-0.3, -0.25) is 14.5 Å². The highest BCUT2D eigenvalue weighted by atomic mass is 35.5. The van der Waals surface area contributed by atoms with Crippen LogP contribution in [0.15, 0.2) is 72.3 Å². The summed E-state index contributed by atoms with van der Waals surface area (Å²) in [6, 6.07) is 17.9. The molecule has 176 valence electrons. The number of hydrogen-bond acceptors (Lipinski definition) is 7. The Balaban J connectivity index is 1.69. The van der Waals surface area contributed by atoms with Crippen LogP contribution in [0.2, 0.25) is 5.02 Å². The Labute approximate surface area is 209 Å². The molecule has 1 fully saturated rings. The maximum Gasteiger partial charge on any atom is 0.301 e. The van der Waals surface area contributed by atoms with Crippen molar-refractivity contribution in [3.05, 3.63) is 88.5 Å². The molecule has 0 aliphatic carbocycles. The summed E-state index contributed by atoms with van der Waals surface area (Å²) >= 11 is 7.35. The summed E-state index contributed by atoms with van der Waals surface area (Å²) in [5.74, 6) is -0.595. The van der Waals surface area contributed by atoms with E-state index in [9.17, 15) is 14.7 Å². The molecule has 4 aromatic rings. The Hall–Kier alpha value is -3.88. The standard InChI is InChI=1S/C26H19ClN2O5S/c1-33-17-9-5-15(6-10-17)23(30)21-22(14-3-7-16(27)8-4-14)29(25(32)24(21)31)26-28-19-12-11-18(34-2)13-20(19)35-26/h3-13,22,30H,1-2H3/b23-21+. The van der Waals surface area contributed by atoms with E-state index in [0.717, 1.165) is 4.70 Å². The number of fused-ring (bicyclic) bond motifs is 1. The first-order valence-corrected chi connectivity index (χ1v) is 11.8. The molecule has 35 heavy (non-hydrogen) atoms. The first-order chi connectivity index (χ1) is 16.9. The smallest absolute Gasteiger partial charge is 0.301 e. The number of anilines is 1. The maximum atomic E-state index is 13.3. The number of hydrogen-bond donors (Lipinski definition) is 1. The molecular formula is C26H19ClN2O5S. The number of halogens is 1. The van der Waals surface area contributed by atoms with Crippen LogP contribution in [0.1, 0.15) is 17.2 Å². The van der Waals surface area contributed by atoms with Crippen molar-refractivity contribution < 1.29 is 24.2 Å². The van der Waals surface area contributed by atoms with E-state index in [-0.39, 0.29) is 11.3 Å². The van der Waals surface area contributed by atoms with Crippen molar-refractivity contribution in [2.24, 2.45) is 0 Å². The van der Waals surface area contributed by atoms with Gasteiger partial charge in [-0.2, -0.15) is 0 Å². The number of aliphatic hydroxyl groups excluding tert-OH is 1. The highest BCUT2D eigenvalue weighted by molar-refractivity contribution is 7.22. The number of rotatable bonds is 5. The van der Waals surface area contributed by atoms with E-state index in [1.165, 1.54) is 23.3 Å². The molecule has 1 amide bonds. The van der Waals surface area contributed by atoms with Gasteiger partial charge in [0.2, 0.25) is 0 Å². The van der Waals surface area contributed by atoms with Crippen LogP contribution < -0.4 is 14.4 Å². The molecule has 9 heteroatoms. The van der Waals surface area contributed by atoms with Gasteiger partial charge in [-0.05, 0) is 60.2 Å². The highest BCUT2D eigenvalue weighted by Crippen LogP contribution is 2.44. The molecule has 1 aliphatic heterocycles. The number of ether oxygens (including phenoxy) is 2. The average molecular weight is 507 g/mol. The van der Waals surface area contributed by atoms with Crippen LogP contribution in [0.5, 0.6) is 11.5 Å². The fourth-order valence-corrected chi connectivity index (χ4v) is 5.16. The Morgan fingerprint density at radius 2 is 1.63 bits per heavy atom. The van der Waals surface area contributed by atoms with Crippen molar-refractivity contribution in [1.29, 1.82) is 0 Å². The fourth-order valence-electron chi connectivity index (χ4n) is 4.02. The predicted molar refractivity (Wildman–Crippen MR) is 135 cm³/mol. The van der Waals surface area contributed by atoms with Crippen LogP contribution in [0, 0.1) is 0 Å². The van der Waals surface area contributed by atoms with Crippen LogP contribution in [0.4, 0.5) is 5.13 Å². The lowest BCUT2D eigenvalue weighted by molar-refractivity contribution is -0.132. The topological polar surface area (TPSA) is 89.0 Å². The number of thiazole rings is 1. The van der Waals surface area contributed by atoms with Crippen molar-refractivity contribution in [2.75, 3.05) is 19.1 Å². The van der Waals surface area contributed by atoms with E-state index in [0.29, 0.717) is 38.3 Å². The Morgan fingerprint density at radius 3 is 2.29 bits per heavy atom. The molecule has 1 saturated heterocycles. The first-order valence-electron chi connectivity index (χ1n) is 10.6. The number of carbonyl (C=O) groups is 2. The molecule has 2 heterocycles. The van der Waals surface area contributed by atoms with Crippen molar-refractivity contribution in [3.63, 3.8) is 0 Å². The van der Waals surface area contributed by atoms with E-state index in [4.69, 9.17) is 21.1 Å². The highest BCUT2D eigenvalue weighted by Gasteiger charge is 2.48. The van der Waals surface area contributed by atoms with Gasteiger partial charge in [-0.1, -0.05) is 35.1 Å². The Bertz CT molecular complexity index is 1480. The normalized spacial score (nSPS) is 17.2. The number of aliphatic hydroxyl groups is 1. The Kier molecular flexibility index (Phi) is 5.92. The van der Waals surface area contributed by atoms with E-state index in [2.05, 4.69) is 4.98 Å². The second-order valence-electron chi connectivity index (χ2n) is 7.78. The van der Waals surface area contributed by atoms with Crippen LogP contribution in [-0.4, -0.2) is 36.0 Å². The second-order valence-corrected chi connectivity index (χ2v) is 9.22. The molecule has 0 spiro atoms. The fraction of sp³-hybridized carbons (Fsp3) is 0.115.